The van der Waals surface area contributed by atoms with Crippen LogP contribution in [0.3, 0.4) is 0 Å². The summed E-state index contributed by atoms with van der Waals surface area (Å²) in [4.78, 5) is 20.8. The van der Waals surface area contributed by atoms with Gasteiger partial charge in [0.25, 0.3) is 5.89 Å². The van der Waals surface area contributed by atoms with Gasteiger partial charge in [-0.15, -0.1) is 0 Å². The van der Waals surface area contributed by atoms with Gasteiger partial charge in [-0.3, -0.25) is 0 Å². The highest BCUT2D eigenvalue weighted by Crippen LogP contribution is 2.27. The van der Waals surface area contributed by atoms with Crippen LogP contribution in [0.5, 0.6) is 5.75 Å². The van der Waals surface area contributed by atoms with Crippen molar-refractivity contribution in [3.8, 4) is 17.1 Å². The van der Waals surface area contributed by atoms with Crippen LogP contribution in [0, 0.1) is 0 Å². The average molecular weight is 410 g/mol. The molecule has 0 unspecified atom stereocenters. The molecule has 2 aromatic heterocycles. The molecule has 0 atom stereocenters. The van der Waals surface area contributed by atoms with Crippen LogP contribution >= 0.6 is 11.6 Å². The number of para-hydroxylation sites is 1. The van der Waals surface area contributed by atoms with E-state index in [4.69, 9.17) is 25.6 Å². The van der Waals surface area contributed by atoms with Gasteiger partial charge in [0, 0.05) is 5.39 Å². The maximum Gasteiger partial charge on any atom is 0.338 e. The topological polar surface area (TPSA) is 87.3 Å². The molecule has 29 heavy (non-hydrogen) atoms. The molecule has 0 saturated heterocycles. The monoisotopic (exact) mass is 409 g/mol. The zero-order valence-electron chi connectivity index (χ0n) is 15.5. The van der Waals surface area contributed by atoms with Gasteiger partial charge in [-0.05, 0) is 49.4 Å². The number of nitrogens with zero attached hydrogens (tertiary/aromatic N) is 3. The van der Waals surface area contributed by atoms with Crippen molar-refractivity contribution in [2.24, 2.45) is 0 Å². The first kappa shape index (κ1) is 18.9. The van der Waals surface area contributed by atoms with Crippen molar-refractivity contribution in [3.05, 3.63) is 71.2 Å². The molecule has 146 valence electrons. The Morgan fingerprint density at radius 1 is 1.10 bits per heavy atom. The minimum atomic E-state index is -0.503. The standard InChI is InChI=1S/C21H16ClN3O4/c1-2-27-17-6-4-3-5-15(17)20-24-19(29-25-20)12-28-21(26)14-7-9-16-13(11-14)8-10-18(22)23-16/h3-11H,2,12H2,1H3. The summed E-state index contributed by atoms with van der Waals surface area (Å²) in [5.74, 6) is 0.711. The number of hydrogen-bond acceptors (Lipinski definition) is 7. The van der Waals surface area contributed by atoms with Crippen molar-refractivity contribution in [3.63, 3.8) is 0 Å². The molecule has 0 aliphatic heterocycles. The molecule has 0 amide bonds. The number of halogens is 1. The second-order valence-corrected chi connectivity index (χ2v) is 6.45. The second kappa shape index (κ2) is 8.28. The lowest BCUT2D eigenvalue weighted by Crippen LogP contribution is -2.05. The summed E-state index contributed by atoms with van der Waals surface area (Å²) in [6.07, 6.45) is 0. The van der Waals surface area contributed by atoms with E-state index in [0.29, 0.717) is 40.0 Å². The number of aromatic nitrogens is 3. The number of rotatable bonds is 6. The van der Waals surface area contributed by atoms with Crippen molar-refractivity contribution >= 4 is 28.5 Å². The molecule has 0 aliphatic rings. The van der Waals surface area contributed by atoms with Gasteiger partial charge in [0.05, 0.1) is 23.3 Å². The second-order valence-electron chi connectivity index (χ2n) is 6.06. The minimum absolute atomic E-state index is 0.139. The molecule has 0 saturated carbocycles. The van der Waals surface area contributed by atoms with Gasteiger partial charge in [0.15, 0.2) is 6.61 Å². The molecule has 0 radical (unpaired) electrons. The van der Waals surface area contributed by atoms with Crippen LogP contribution in [0.25, 0.3) is 22.3 Å². The summed E-state index contributed by atoms with van der Waals surface area (Å²) in [6, 6.07) is 15.9. The van der Waals surface area contributed by atoms with E-state index in [2.05, 4.69) is 15.1 Å². The van der Waals surface area contributed by atoms with E-state index in [1.165, 1.54) is 0 Å². The number of esters is 1. The first-order valence-corrected chi connectivity index (χ1v) is 9.30. The van der Waals surface area contributed by atoms with E-state index in [1.807, 2.05) is 31.2 Å². The van der Waals surface area contributed by atoms with E-state index in [9.17, 15) is 4.79 Å². The van der Waals surface area contributed by atoms with Crippen LogP contribution in [0.4, 0.5) is 0 Å². The summed E-state index contributed by atoms with van der Waals surface area (Å²) >= 11 is 5.88. The molecular formula is C21H16ClN3O4. The van der Waals surface area contributed by atoms with Crippen LogP contribution in [0.15, 0.2) is 59.1 Å². The predicted octanol–water partition coefficient (Wildman–Crippen LogP) is 4.69. The highest BCUT2D eigenvalue weighted by atomic mass is 35.5. The first-order chi connectivity index (χ1) is 14.1. The smallest absolute Gasteiger partial charge is 0.338 e. The quantitative estimate of drug-likeness (QED) is 0.337. The highest BCUT2D eigenvalue weighted by molar-refractivity contribution is 6.29. The van der Waals surface area contributed by atoms with Crippen molar-refractivity contribution < 1.29 is 18.8 Å². The van der Waals surface area contributed by atoms with E-state index in [1.54, 1.807) is 30.3 Å². The van der Waals surface area contributed by atoms with Gasteiger partial charge < -0.3 is 14.0 Å². The third-order valence-electron chi connectivity index (χ3n) is 4.11. The summed E-state index contributed by atoms with van der Waals surface area (Å²) in [5, 5.41) is 5.13. The molecule has 0 bridgehead atoms. The van der Waals surface area contributed by atoms with Gasteiger partial charge in [-0.25, -0.2) is 9.78 Å². The molecule has 0 spiro atoms. The van der Waals surface area contributed by atoms with Gasteiger partial charge >= 0.3 is 5.97 Å². The fourth-order valence-electron chi connectivity index (χ4n) is 2.79. The number of hydrogen-bond donors (Lipinski definition) is 0. The number of fused-ring (bicyclic) bond motifs is 1. The molecule has 8 heteroatoms. The lowest BCUT2D eigenvalue weighted by atomic mass is 10.1. The fraction of sp³-hybridized carbons (Fsp3) is 0.143. The Morgan fingerprint density at radius 3 is 2.83 bits per heavy atom. The normalized spacial score (nSPS) is 10.8. The van der Waals surface area contributed by atoms with Crippen LogP contribution in [0.2, 0.25) is 5.15 Å². The Kier molecular flexibility index (Phi) is 5.39. The van der Waals surface area contributed by atoms with Crippen molar-refractivity contribution in [2.45, 2.75) is 13.5 Å². The third kappa shape index (κ3) is 4.20. The molecule has 0 fully saturated rings. The molecule has 4 aromatic rings. The van der Waals surface area contributed by atoms with Gasteiger partial charge in [-0.2, -0.15) is 4.98 Å². The number of ether oxygens (including phenoxy) is 2. The number of carbonyl (C=O) groups excluding carboxylic acids is 1. The Morgan fingerprint density at radius 2 is 1.97 bits per heavy atom. The molecule has 4 rings (SSSR count). The summed E-state index contributed by atoms with van der Waals surface area (Å²) in [6.45, 7) is 2.28. The largest absolute Gasteiger partial charge is 0.493 e. The molecule has 7 nitrogen and oxygen atoms in total. The highest BCUT2D eigenvalue weighted by Gasteiger charge is 2.15. The Bertz CT molecular complexity index is 1180. The number of benzene rings is 2. The van der Waals surface area contributed by atoms with Crippen LogP contribution in [-0.2, 0) is 11.3 Å². The van der Waals surface area contributed by atoms with Crippen molar-refractivity contribution in [2.75, 3.05) is 6.61 Å². The Balaban J connectivity index is 1.46. The maximum atomic E-state index is 12.4. The molecule has 2 heterocycles. The lowest BCUT2D eigenvalue weighted by Gasteiger charge is -2.06. The number of carbonyl (C=O) groups is 1. The van der Waals surface area contributed by atoms with E-state index >= 15 is 0 Å². The van der Waals surface area contributed by atoms with Crippen molar-refractivity contribution in [1.82, 2.24) is 15.1 Å². The zero-order chi connectivity index (χ0) is 20.2. The average Bonchev–Trinajstić information content (AvgIpc) is 3.21. The van der Waals surface area contributed by atoms with E-state index in [-0.39, 0.29) is 12.5 Å². The SMILES string of the molecule is CCOc1ccccc1-c1noc(COC(=O)c2ccc3nc(Cl)ccc3c2)n1. The number of pyridine rings is 1. The Hall–Kier alpha value is -3.45. The summed E-state index contributed by atoms with van der Waals surface area (Å²) in [7, 11) is 0. The minimum Gasteiger partial charge on any atom is -0.493 e. The van der Waals surface area contributed by atoms with Crippen LogP contribution in [0.1, 0.15) is 23.2 Å². The molecular weight excluding hydrogens is 394 g/mol. The zero-order valence-corrected chi connectivity index (χ0v) is 16.2. The molecule has 0 N–H and O–H groups in total. The van der Waals surface area contributed by atoms with Crippen LogP contribution in [-0.4, -0.2) is 27.7 Å². The molecule has 0 aliphatic carbocycles. The summed E-state index contributed by atoms with van der Waals surface area (Å²) < 4.78 is 16.1. The fourth-order valence-corrected chi connectivity index (χ4v) is 2.95. The van der Waals surface area contributed by atoms with Gasteiger partial charge in [0.2, 0.25) is 5.82 Å². The van der Waals surface area contributed by atoms with E-state index < -0.39 is 5.97 Å². The van der Waals surface area contributed by atoms with Crippen LogP contribution < -0.4 is 4.74 Å². The lowest BCUT2D eigenvalue weighted by molar-refractivity contribution is 0.0430. The first-order valence-electron chi connectivity index (χ1n) is 8.92. The van der Waals surface area contributed by atoms with Gasteiger partial charge in [0.1, 0.15) is 10.9 Å². The predicted molar refractivity (Wildman–Crippen MR) is 107 cm³/mol. The maximum absolute atomic E-state index is 12.4. The summed E-state index contributed by atoms with van der Waals surface area (Å²) in [5.41, 5.74) is 1.79. The Labute approximate surface area is 171 Å². The third-order valence-corrected chi connectivity index (χ3v) is 4.32. The van der Waals surface area contributed by atoms with Crippen molar-refractivity contribution in [1.29, 1.82) is 0 Å². The molecule has 2 aromatic carbocycles. The van der Waals surface area contributed by atoms with Gasteiger partial charge in [-0.1, -0.05) is 28.9 Å². The van der Waals surface area contributed by atoms with E-state index in [0.717, 1.165) is 5.39 Å².